The monoisotopic (exact) mass is 504 g/mol. The van der Waals surface area contributed by atoms with Gasteiger partial charge < -0.3 is 14.7 Å². The van der Waals surface area contributed by atoms with Crippen LogP contribution in [0.25, 0.3) is 17.2 Å². The average Bonchev–Trinajstić information content (AvgIpc) is 3.38. The molecule has 9 nitrogen and oxygen atoms in total. The van der Waals surface area contributed by atoms with E-state index < -0.39 is 0 Å². The fraction of sp³-hybridized carbons (Fsp3) is 0.346. The van der Waals surface area contributed by atoms with Gasteiger partial charge in [0.25, 0.3) is 11.1 Å². The molecule has 186 valence electrons. The van der Waals surface area contributed by atoms with Crippen LogP contribution in [0.5, 0.6) is 0 Å². The van der Waals surface area contributed by atoms with Crippen LogP contribution in [0.15, 0.2) is 46.0 Å². The smallest absolute Gasteiger partial charge is 0.290 e. The fourth-order valence-electron chi connectivity index (χ4n) is 4.68. The summed E-state index contributed by atoms with van der Waals surface area (Å²) in [6.07, 6.45) is 5.41. The Morgan fingerprint density at radius 2 is 2.00 bits per heavy atom. The van der Waals surface area contributed by atoms with Crippen LogP contribution in [0.4, 0.5) is 10.7 Å². The average molecular weight is 505 g/mol. The lowest BCUT2D eigenvalue weighted by atomic mass is 9.96. The zero-order valence-corrected chi connectivity index (χ0v) is 21.1. The van der Waals surface area contributed by atoms with E-state index in [2.05, 4.69) is 54.9 Å². The Morgan fingerprint density at radius 3 is 2.72 bits per heavy atom. The van der Waals surface area contributed by atoms with Gasteiger partial charge in [-0.25, -0.2) is 9.97 Å². The summed E-state index contributed by atoms with van der Waals surface area (Å²) in [5.41, 5.74) is 5.01. The van der Waals surface area contributed by atoms with E-state index in [1.54, 1.807) is 18.3 Å². The van der Waals surface area contributed by atoms with Crippen molar-refractivity contribution in [2.45, 2.75) is 33.2 Å². The first-order valence-electron chi connectivity index (χ1n) is 12.0. The lowest BCUT2D eigenvalue weighted by Gasteiger charge is -2.32. The van der Waals surface area contributed by atoms with Crippen LogP contribution in [-0.2, 0) is 11.3 Å². The molecule has 2 aliphatic heterocycles. The number of aromatic nitrogens is 3. The number of anilines is 1. The fourth-order valence-corrected chi connectivity index (χ4v) is 5.35. The van der Waals surface area contributed by atoms with Crippen molar-refractivity contribution in [1.29, 1.82) is 0 Å². The Balaban J connectivity index is 1.15. The molecule has 2 amide bonds. The van der Waals surface area contributed by atoms with E-state index in [1.807, 2.05) is 13.8 Å². The van der Waals surface area contributed by atoms with E-state index in [0.29, 0.717) is 22.5 Å². The highest BCUT2D eigenvalue weighted by Crippen LogP contribution is 2.30. The van der Waals surface area contributed by atoms with Crippen LogP contribution >= 0.6 is 11.8 Å². The third-order valence-electron chi connectivity index (χ3n) is 6.55. The van der Waals surface area contributed by atoms with E-state index in [9.17, 15) is 9.59 Å². The maximum atomic E-state index is 11.8. The number of nitrogens with one attached hydrogen (secondary N) is 2. The SMILES string of the molecule is Cc1noc(C)c1-c1ccccc1CNCC1CCN(c2nccc(C=C3SC(=O)NC3=O)n2)CC1. The largest absolute Gasteiger partial charge is 0.361 e. The number of rotatable bonds is 7. The van der Waals surface area contributed by atoms with E-state index in [4.69, 9.17) is 4.52 Å². The van der Waals surface area contributed by atoms with Gasteiger partial charge in [0.2, 0.25) is 5.95 Å². The topological polar surface area (TPSA) is 113 Å². The summed E-state index contributed by atoms with van der Waals surface area (Å²) in [5.74, 6) is 1.68. The molecule has 2 aliphatic rings. The molecule has 36 heavy (non-hydrogen) atoms. The number of aryl methyl sites for hydroxylation is 2. The number of hydrogen-bond acceptors (Lipinski definition) is 9. The van der Waals surface area contributed by atoms with E-state index in [-0.39, 0.29) is 11.1 Å². The van der Waals surface area contributed by atoms with Crippen molar-refractivity contribution in [3.05, 3.63) is 64.1 Å². The molecule has 0 unspecified atom stereocenters. The third kappa shape index (κ3) is 5.34. The van der Waals surface area contributed by atoms with Crippen LogP contribution in [0.1, 0.15) is 35.6 Å². The molecule has 0 atom stereocenters. The van der Waals surface area contributed by atoms with Gasteiger partial charge in [0.15, 0.2) is 0 Å². The first-order chi connectivity index (χ1) is 17.5. The van der Waals surface area contributed by atoms with Gasteiger partial charge >= 0.3 is 0 Å². The predicted molar refractivity (Wildman–Crippen MR) is 139 cm³/mol. The molecule has 2 aromatic heterocycles. The normalized spacial score (nSPS) is 17.7. The number of piperidine rings is 1. The number of carbonyl (C=O) groups excluding carboxylic acids is 2. The number of amides is 2. The second-order valence-corrected chi connectivity index (χ2v) is 10.1. The van der Waals surface area contributed by atoms with Crippen LogP contribution < -0.4 is 15.5 Å². The summed E-state index contributed by atoms with van der Waals surface area (Å²) in [6, 6.07) is 10.1. The number of hydrogen-bond donors (Lipinski definition) is 2. The van der Waals surface area contributed by atoms with Gasteiger partial charge in [-0.05, 0) is 74.2 Å². The molecule has 2 saturated heterocycles. The molecule has 0 saturated carbocycles. The minimum atomic E-state index is -0.382. The Bertz CT molecular complexity index is 1290. The minimum absolute atomic E-state index is 0.352. The van der Waals surface area contributed by atoms with Crippen LogP contribution in [0, 0.1) is 19.8 Å². The van der Waals surface area contributed by atoms with Crippen molar-refractivity contribution in [2.75, 3.05) is 24.5 Å². The molecule has 3 aromatic rings. The Kier molecular flexibility index (Phi) is 7.15. The third-order valence-corrected chi connectivity index (χ3v) is 7.36. The molecule has 5 rings (SSSR count). The molecule has 10 heteroatoms. The molecule has 0 spiro atoms. The van der Waals surface area contributed by atoms with Crippen molar-refractivity contribution in [3.8, 4) is 11.1 Å². The van der Waals surface area contributed by atoms with Crippen molar-refractivity contribution in [1.82, 2.24) is 25.8 Å². The highest BCUT2D eigenvalue weighted by Gasteiger charge is 2.26. The van der Waals surface area contributed by atoms with Crippen molar-refractivity contribution >= 4 is 34.9 Å². The predicted octanol–water partition coefficient (Wildman–Crippen LogP) is 4.08. The van der Waals surface area contributed by atoms with Gasteiger partial charge in [-0.15, -0.1) is 0 Å². The van der Waals surface area contributed by atoms with Crippen molar-refractivity contribution in [2.24, 2.45) is 5.92 Å². The zero-order valence-electron chi connectivity index (χ0n) is 20.3. The summed E-state index contributed by atoms with van der Waals surface area (Å²) in [6.45, 7) is 7.40. The van der Waals surface area contributed by atoms with Crippen LogP contribution in [-0.4, -0.2) is 45.9 Å². The molecule has 0 bridgehead atoms. The first kappa shape index (κ1) is 24.2. The number of carbonyl (C=O) groups is 2. The second kappa shape index (κ2) is 10.6. The molecule has 4 heterocycles. The molecule has 2 N–H and O–H groups in total. The molecule has 2 fully saturated rings. The lowest BCUT2D eigenvalue weighted by Crippen LogP contribution is -2.38. The Hall–Kier alpha value is -3.50. The summed E-state index contributed by atoms with van der Waals surface area (Å²) in [4.78, 5) is 34.8. The Morgan fingerprint density at radius 1 is 1.19 bits per heavy atom. The number of thioether (sulfide) groups is 1. The van der Waals surface area contributed by atoms with Crippen LogP contribution in [0.3, 0.4) is 0 Å². The summed E-state index contributed by atoms with van der Waals surface area (Å²) in [7, 11) is 0. The van der Waals surface area contributed by atoms with Gasteiger partial charge in [-0.3, -0.25) is 14.9 Å². The lowest BCUT2D eigenvalue weighted by molar-refractivity contribution is -0.115. The molecule has 0 radical (unpaired) electrons. The standard InChI is InChI=1S/C26H28N6O3S/c1-16-23(17(2)35-31-16)21-6-4-3-5-19(21)15-27-14-18-8-11-32(12-9-18)25-28-10-7-20(29-25)13-22-24(33)30-26(34)36-22/h3-7,10,13,18,27H,8-9,11-12,14-15H2,1-2H3,(H,30,33,34). The van der Waals surface area contributed by atoms with Gasteiger partial charge in [-0.2, -0.15) is 0 Å². The zero-order chi connectivity index (χ0) is 25.1. The summed E-state index contributed by atoms with van der Waals surface area (Å²) < 4.78 is 5.38. The minimum Gasteiger partial charge on any atom is -0.361 e. The van der Waals surface area contributed by atoms with Gasteiger partial charge in [0, 0.05) is 31.4 Å². The van der Waals surface area contributed by atoms with Gasteiger partial charge in [0.1, 0.15) is 5.76 Å². The van der Waals surface area contributed by atoms with E-state index in [1.165, 1.54) is 11.1 Å². The summed E-state index contributed by atoms with van der Waals surface area (Å²) in [5, 5.41) is 9.66. The molecular formula is C26H28N6O3S. The number of benzene rings is 1. The number of nitrogens with zero attached hydrogens (tertiary/aromatic N) is 4. The van der Waals surface area contributed by atoms with Crippen molar-refractivity contribution < 1.29 is 14.1 Å². The highest BCUT2D eigenvalue weighted by atomic mass is 32.2. The molecular weight excluding hydrogens is 476 g/mol. The van der Waals surface area contributed by atoms with Gasteiger partial charge in [-0.1, -0.05) is 29.4 Å². The van der Waals surface area contributed by atoms with E-state index in [0.717, 1.165) is 67.8 Å². The van der Waals surface area contributed by atoms with Gasteiger partial charge in [0.05, 0.1) is 16.3 Å². The van der Waals surface area contributed by atoms with Crippen LogP contribution in [0.2, 0.25) is 0 Å². The first-order valence-corrected chi connectivity index (χ1v) is 12.8. The molecule has 0 aliphatic carbocycles. The second-order valence-electron chi connectivity index (χ2n) is 9.05. The maximum absolute atomic E-state index is 11.8. The maximum Gasteiger partial charge on any atom is 0.290 e. The number of imide groups is 1. The highest BCUT2D eigenvalue weighted by molar-refractivity contribution is 8.18. The molecule has 1 aromatic carbocycles. The van der Waals surface area contributed by atoms with Crippen molar-refractivity contribution in [3.63, 3.8) is 0 Å². The Labute approximate surface area is 213 Å². The quantitative estimate of drug-likeness (QED) is 0.460. The summed E-state index contributed by atoms with van der Waals surface area (Å²) >= 11 is 0.890. The van der Waals surface area contributed by atoms with E-state index >= 15 is 0 Å².